The lowest BCUT2D eigenvalue weighted by Crippen LogP contribution is -2.05. The number of carbonyl (C=O) groups is 1. The van der Waals surface area contributed by atoms with Crippen LogP contribution < -0.4 is 5.32 Å². The van der Waals surface area contributed by atoms with Gasteiger partial charge in [-0.1, -0.05) is 40.5 Å². The van der Waals surface area contributed by atoms with Gasteiger partial charge in [0.15, 0.2) is 5.76 Å². The molecule has 0 saturated carbocycles. The summed E-state index contributed by atoms with van der Waals surface area (Å²) in [6.07, 6.45) is 0. The van der Waals surface area contributed by atoms with Gasteiger partial charge in [-0.15, -0.1) is 0 Å². The lowest BCUT2D eigenvalue weighted by molar-refractivity contribution is -0.114. The number of nitrogens with zero attached hydrogens (tertiary/aromatic N) is 1. The van der Waals surface area contributed by atoms with Crippen molar-refractivity contribution in [3.8, 4) is 22.6 Å². The third kappa shape index (κ3) is 3.55. The second-order valence-electron chi connectivity index (χ2n) is 4.96. The highest BCUT2D eigenvalue weighted by molar-refractivity contribution is 6.36. The lowest BCUT2D eigenvalue weighted by atomic mass is 10.1. The zero-order valence-corrected chi connectivity index (χ0v) is 13.7. The lowest BCUT2D eigenvalue weighted by Gasteiger charge is -2.03. The molecular formula is C17H12Cl2N2O2. The summed E-state index contributed by atoms with van der Waals surface area (Å²) in [5, 5.41) is 7.85. The minimum absolute atomic E-state index is 0.131. The molecule has 1 amide bonds. The van der Waals surface area contributed by atoms with Crippen molar-refractivity contribution in [1.29, 1.82) is 0 Å². The molecule has 0 fully saturated rings. The average Bonchev–Trinajstić information content (AvgIpc) is 2.96. The van der Waals surface area contributed by atoms with Gasteiger partial charge in [0.2, 0.25) is 5.91 Å². The van der Waals surface area contributed by atoms with E-state index in [0.717, 1.165) is 11.1 Å². The van der Waals surface area contributed by atoms with Crippen molar-refractivity contribution in [3.63, 3.8) is 0 Å². The summed E-state index contributed by atoms with van der Waals surface area (Å²) in [4.78, 5) is 11.1. The Morgan fingerprint density at radius 3 is 2.70 bits per heavy atom. The van der Waals surface area contributed by atoms with Crippen LogP contribution in [0.25, 0.3) is 22.6 Å². The van der Waals surface area contributed by atoms with Gasteiger partial charge < -0.3 is 9.84 Å². The second kappa shape index (κ2) is 6.44. The zero-order chi connectivity index (χ0) is 16.4. The molecule has 0 aliphatic heterocycles. The van der Waals surface area contributed by atoms with Gasteiger partial charge in [0.25, 0.3) is 0 Å². The molecule has 0 aliphatic carbocycles. The first-order valence-electron chi connectivity index (χ1n) is 6.83. The summed E-state index contributed by atoms with van der Waals surface area (Å²) in [6.45, 7) is 1.46. The highest BCUT2D eigenvalue weighted by Gasteiger charge is 2.12. The third-order valence-corrected chi connectivity index (χ3v) is 3.73. The van der Waals surface area contributed by atoms with Crippen LogP contribution in [0.3, 0.4) is 0 Å². The van der Waals surface area contributed by atoms with Crippen LogP contribution in [0.4, 0.5) is 5.69 Å². The minimum atomic E-state index is -0.131. The fourth-order valence-corrected chi connectivity index (χ4v) is 2.69. The van der Waals surface area contributed by atoms with Crippen molar-refractivity contribution < 1.29 is 9.32 Å². The Bertz CT molecular complexity index is 875. The Balaban J connectivity index is 1.94. The van der Waals surface area contributed by atoms with Gasteiger partial charge in [-0.3, -0.25) is 4.79 Å². The van der Waals surface area contributed by atoms with Crippen LogP contribution in [-0.2, 0) is 4.79 Å². The van der Waals surface area contributed by atoms with E-state index in [-0.39, 0.29) is 5.91 Å². The summed E-state index contributed by atoms with van der Waals surface area (Å²) >= 11 is 12.1. The quantitative estimate of drug-likeness (QED) is 0.702. The van der Waals surface area contributed by atoms with E-state index in [2.05, 4.69) is 10.5 Å². The van der Waals surface area contributed by atoms with E-state index in [9.17, 15) is 4.79 Å². The third-order valence-electron chi connectivity index (χ3n) is 3.18. The van der Waals surface area contributed by atoms with Crippen LogP contribution in [0, 0.1) is 0 Å². The van der Waals surface area contributed by atoms with Gasteiger partial charge in [0.1, 0.15) is 5.69 Å². The first-order valence-corrected chi connectivity index (χ1v) is 7.59. The van der Waals surface area contributed by atoms with Crippen molar-refractivity contribution >= 4 is 34.8 Å². The Labute approximate surface area is 143 Å². The fraction of sp³-hybridized carbons (Fsp3) is 0.0588. The SMILES string of the molecule is CC(=O)Nc1cccc(-c2cc(-c3ccc(Cl)cc3Cl)no2)c1. The van der Waals surface area contributed by atoms with E-state index in [4.69, 9.17) is 27.7 Å². The molecule has 0 unspecified atom stereocenters. The highest BCUT2D eigenvalue weighted by Crippen LogP contribution is 2.32. The molecule has 0 radical (unpaired) electrons. The molecule has 2 aromatic carbocycles. The molecule has 0 atom stereocenters. The van der Waals surface area contributed by atoms with Crippen molar-refractivity contribution in [3.05, 3.63) is 58.6 Å². The number of nitrogens with one attached hydrogen (secondary N) is 1. The van der Waals surface area contributed by atoms with E-state index >= 15 is 0 Å². The van der Waals surface area contributed by atoms with Crippen LogP contribution in [0.1, 0.15) is 6.92 Å². The Kier molecular flexibility index (Phi) is 4.37. The summed E-state index contributed by atoms with van der Waals surface area (Å²) in [5.41, 5.74) is 2.85. The molecule has 1 aromatic heterocycles. The normalized spacial score (nSPS) is 10.6. The second-order valence-corrected chi connectivity index (χ2v) is 5.81. The molecular weight excluding hydrogens is 335 g/mol. The Morgan fingerprint density at radius 1 is 1.13 bits per heavy atom. The molecule has 3 rings (SSSR count). The average molecular weight is 347 g/mol. The molecule has 6 heteroatoms. The zero-order valence-electron chi connectivity index (χ0n) is 12.1. The first-order chi connectivity index (χ1) is 11.0. The van der Waals surface area contributed by atoms with Crippen molar-refractivity contribution in [1.82, 2.24) is 5.16 Å². The molecule has 116 valence electrons. The van der Waals surface area contributed by atoms with Crippen molar-refractivity contribution in [2.24, 2.45) is 0 Å². The number of amides is 1. The number of rotatable bonds is 3. The van der Waals surface area contributed by atoms with Crippen LogP contribution >= 0.6 is 23.2 Å². The number of carbonyl (C=O) groups excluding carboxylic acids is 1. The Morgan fingerprint density at radius 2 is 1.96 bits per heavy atom. The molecule has 0 spiro atoms. The summed E-state index contributed by atoms with van der Waals surface area (Å²) in [7, 11) is 0. The maximum Gasteiger partial charge on any atom is 0.221 e. The molecule has 0 bridgehead atoms. The monoisotopic (exact) mass is 346 g/mol. The number of anilines is 1. The van der Waals surface area contributed by atoms with Crippen molar-refractivity contribution in [2.75, 3.05) is 5.32 Å². The number of hydrogen-bond acceptors (Lipinski definition) is 3. The van der Waals surface area contributed by atoms with Gasteiger partial charge in [-0.2, -0.15) is 0 Å². The van der Waals surface area contributed by atoms with Crippen LogP contribution in [0.15, 0.2) is 53.1 Å². The summed E-state index contributed by atoms with van der Waals surface area (Å²) in [6, 6.07) is 14.3. The number of hydrogen-bond donors (Lipinski definition) is 1. The van der Waals surface area contributed by atoms with Gasteiger partial charge in [0, 0.05) is 34.8 Å². The van der Waals surface area contributed by atoms with Crippen LogP contribution in [0.5, 0.6) is 0 Å². The van der Waals surface area contributed by atoms with Crippen molar-refractivity contribution in [2.45, 2.75) is 6.92 Å². The maximum atomic E-state index is 11.1. The largest absolute Gasteiger partial charge is 0.356 e. The van der Waals surface area contributed by atoms with Gasteiger partial charge in [-0.25, -0.2) is 0 Å². The summed E-state index contributed by atoms with van der Waals surface area (Å²) < 4.78 is 5.40. The predicted octanol–water partition coefficient (Wildman–Crippen LogP) is 5.27. The predicted molar refractivity (Wildman–Crippen MR) is 91.7 cm³/mol. The molecule has 1 N–H and O–H groups in total. The minimum Gasteiger partial charge on any atom is -0.356 e. The molecule has 4 nitrogen and oxygen atoms in total. The highest BCUT2D eigenvalue weighted by atomic mass is 35.5. The van der Waals surface area contributed by atoms with E-state index in [0.29, 0.717) is 27.2 Å². The molecule has 0 aliphatic rings. The van der Waals surface area contributed by atoms with E-state index in [1.54, 1.807) is 30.3 Å². The van der Waals surface area contributed by atoms with E-state index in [1.165, 1.54) is 6.92 Å². The van der Waals surface area contributed by atoms with E-state index < -0.39 is 0 Å². The fourth-order valence-electron chi connectivity index (χ4n) is 2.19. The van der Waals surface area contributed by atoms with Gasteiger partial charge >= 0.3 is 0 Å². The number of aromatic nitrogens is 1. The molecule has 0 saturated heterocycles. The number of benzene rings is 2. The van der Waals surface area contributed by atoms with Gasteiger partial charge in [0.05, 0.1) is 5.02 Å². The first kappa shape index (κ1) is 15.6. The molecule has 3 aromatic rings. The molecule has 23 heavy (non-hydrogen) atoms. The Hall–Kier alpha value is -2.30. The number of halogens is 2. The van der Waals surface area contributed by atoms with Gasteiger partial charge in [-0.05, 0) is 30.3 Å². The topological polar surface area (TPSA) is 55.1 Å². The van der Waals surface area contributed by atoms with Crippen LogP contribution in [-0.4, -0.2) is 11.1 Å². The van der Waals surface area contributed by atoms with E-state index in [1.807, 2.05) is 18.2 Å². The maximum absolute atomic E-state index is 11.1. The standard InChI is InChI=1S/C17H12Cl2N2O2/c1-10(22)20-13-4-2-3-11(7-13)17-9-16(21-23-17)14-6-5-12(18)8-15(14)19/h2-9H,1H3,(H,20,22). The summed E-state index contributed by atoms with van der Waals surface area (Å²) in [5.74, 6) is 0.451. The van der Waals surface area contributed by atoms with Crippen LogP contribution in [0.2, 0.25) is 10.0 Å². The smallest absolute Gasteiger partial charge is 0.221 e. The molecule has 1 heterocycles.